The average molecular weight is 230 g/mol. The summed E-state index contributed by atoms with van der Waals surface area (Å²) in [7, 11) is 2.01. The van der Waals surface area contributed by atoms with Crippen LogP contribution in [0.5, 0.6) is 0 Å². The largest absolute Gasteiger partial charge is 0.358 e. The summed E-state index contributed by atoms with van der Waals surface area (Å²) in [5.74, 6) is 0.955. The van der Waals surface area contributed by atoms with Crippen molar-refractivity contribution in [2.45, 2.75) is 11.8 Å². The minimum absolute atomic E-state index is 0.470. The number of hydrogen-bond acceptors (Lipinski definition) is 3. The zero-order valence-electron chi connectivity index (χ0n) is 7.24. The number of alkyl halides is 1. The second kappa shape index (κ2) is 4.40. The Hall–Kier alpha value is -0.640. The highest BCUT2D eigenvalue weighted by atomic mass is 79.9. The highest BCUT2D eigenvalue weighted by Crippen LogP contribution is 2.08. The van der Waals surface area contributed by atoms with Crippen molar-refractivity contribution in [1.29, 1.82) is 0 Å². The Morgan fingerprint density at radius 2 is 2.42 bits per heavy atom. The molecule has 0 aliphatic carbocycles. The molecule has 0 bridgehead atoms. The van der Waals surface area contributed by atoms with Crippen LogP contribution in [-0.2, 0) is 0 Å². The first-order valence-electron chi connectivity index (χ1n) is 3.81. The molecule has 12 heavy (non-hydrogen) atoms. The van der Waals surface area contributed by atoms with Crippen LogP contribution >= 0.6 is 15.9 Å². The summed E-state index contributed by atoms with van der Waals surface area (Å²) in [6.45, 7) is 3.05. The molecule has 1 atom stereocenters. The summed E-state index contributed by atoms with van der Waals surface area (Å²) in [6.07, 6.45) is 3.31. The molecule has 1 aromatic rings. The van der Waals surface area contributed by atoms with E-state index in [9.17, 15) is 0 Å². The summed E-state index contributed by atoms with van der Waals surface area (Å²) in [4.78, 5) is 10.5. The predicted molar refractivity (Wildman–Crippen MR) is 53.7 cm³/mol. The molecule has 3 nitrogen and oxygen atoms in total. The fraction of sp³-hybridized carbons (Fsp3) is 0.500. The van der Waals surface area contributed by atoms with Gasteiger partial charge in [0.15, 0.2) is 0 Å². The molecule has 1 aromatic heterocycles. The van der Waals surface area contributed by atoms with Crippen molar-refractivity contribution in [1.82, 2.24) is 9.97 Å². The molecule has 0 fully saturated rings. The van der Waals surface area contributed by atoms with E-state index in [0.29, 0.717) is 4.83 Å². The van der Waals surface area contributed by atoms with Crippen molar-refractivity contribution in [3.05, 3.63) is 18.6 Å². The van der Waals surface area contributed by atoms with Gasteiger partial charge in [-0.1, -0.05) is 22.9 Å². The van der Waals surface area contributed by atoms with Crippen molar-refractivity contribution < 1.29 is 0 Å². The minimum Gasteiger partial charge on any atom is -0.358 e. The first-order valence-corrected chi connectivity index (χ1v) is 4.73. The maximum absolute atomic E-state index is 4.13. The van der Waals surface area contributed by atoms with Gasteiger partial charge in [-0.15, -0.1) is 0 Å². The molecular weight excluding hydrogens is 218 g/mol. The molecule has 0 spiro atoms. The van der Waals surface area contributed by atoms with E-state index in [1.165, 1.54) is 0 Å². The molecule has 66 valence electrons. The van der Waals surface area contributed by atoms with Crippen LogP contribution in [0.4, 0.5) is 5.82 Å². The normalized spacial score (nSPS) is 12.6. The molecule has 1 rings (SSSR count). The molecule has 0 N–H and O–H groups in total. The zero-order chi connectivity index (χ0) is 8.97. The van der Waals surface area contributed by atoms with Crippen LogP contribution in [0.25, 0.3) is 0 Å². The van der Waals surface area contributed by atoms with Gasteiger partial charge in [0.1, 0.15) is 12.1 Å². The smallest absolute Gasteiger partial charge is 0.131 e. The van der Waals surface area contributed by atoms with Gasteiger partial charge in [0, 0.05) is 24.6 Å². The van der Waals surface area contributed by atoms with Gasteiger partial charge in [-0.25, -0.2) is 9.97 Å². The molecular formula is C8H12BrN3. The van der Waals surface area contributed by atoms with Crippen molar-refractivity contribution in [3.8, 4) is 0 Å². The van der Waals surface area contributed by atoms with E-state index in [1.807, 2.05) is 13.1 Å². The van der Waals surface area contributed by atoms with Crippen LogP contribution in [0.1, 0.15) is 6.92 Å². The summed E-state index contributed by atoms with van der Waals surface area (Å²) in [5.41, 5.74) is 0. The van der Waals surface area contributed by atoms with E-state index in [-0.39, 0.29) is 0 Å². The topological polar surface area (TPSA) is 29.0 Å². The number of hydrogen-bond donors (Lipinski definition) is 0. The number of anilines is 1. The van der Waals surface area contributed by atoms with Gasteiger partial charge in [0.2, 0.25) is 0 Å². The Bertz CT molecular complexity index is 225. The lowest BCUT2D eigenvalue weighted by atomic mass is 10.4. The summed E-state index contributed by atoms with van der Waals surface area (Å²) >= 11 is 3.49. The zero-order valence-corrected chi connectivity index (χ0v) is 8.82. The fourth-order valence-corrected chi connectivity index (χ4v) is 1.41. The van der Waals surface area contributed by atoms with Gasteiger partial charge < -0.3 is 4.90 Å². The third-order valence-electron chi connectivity index (χ3n) is 1.48. The highest BCUT2D eigenvalue weighted by molar-refractivity contribution is 9.09. The van der Waals surface area contributed by atoms with Crippen molar-refractivity contribution in [2.24, 2.45) is 0 Å². The number of aromatic nitrogens is 2. The molecule has 4 heteroatoms. The molecule has 0 saturated heterocycles. The van der Waals surface area contributed by atoms with Crippen LogP contribution < -0.4 is 4.90 Å². The third-order valence-corrected chi connectivity index (χ3v) is 1.77. The maximum Gasteiger partial charge on any atom is 0.131 e. The Labute approximate surface area is 81.0 Å². The van der Waals surface area contributed by atoms with E-state index in [4.69, 9.17) is 0 Å². The summed E-state index contributed by atoms with van der Waals surface area (Å²) in [5, 5.41) is 0. The molecule has 0 radical (unpaired) electrons. The van der Waals surface area contributed by atoms with Gasteiger partial charge in [-0.2, -0.15) is 0 Å². The first kappa shape index (κ1) is 9.45. The lowest BCUT2D eigenvalue weighted by Gasteiger charge is -2.18. The Kier molecular flexibility index (Phi) is 3.47. The SMILES string of the molecule is CC(Br)CN(C)c1ccncn1. The van der Waals surface area contributed by atoms with E-state index in [0.717, 1.165) is 12.4 Å². The second-order valence-corrected chi connectivity index (χ2v) is 4.29. The van der Waals surface area contributed by atoms with Gasteiger partial charge in [-0.05, 0) is 6.07 Å². The van der Waals surface area contributed by atoms with Crippen LogP contribution in [0.3, 0.4) is 0 Å². The Morgan fingerprint density at radius 3 is 2.92 bits per heavy atom. The van der Waals surface area contributed by atoms with Gasteiger partial charge in [0.05, 0.1) is 0 Å². The van der Waals surface area contributed by atoms with Crippen LogP contribution in [-0.4, -0.2) is 28.4 Å². The van der Waals surface area contributed by atoms with Crippen LogP contribution in [0, 0.1) is 0 Å². The Balaban J connectivity index is 2.59. The standard InChI is InChI=1S/C8H12BrN3/c1-7(9)5-12(2)8-3-4-10-6-11-8/h3-4,6-7H,5H2,1-2H3. The third kappa shape index (κ3) is 2.77. The van der Waals surface area contributed by atoms with E-state index < -0.39 is 0 Å². The van der Waals surface area contributed by atoms with Crippen molar-refractivity contribution in [3.63, 3.8) is 0 Å². The number of rotatable bonds is 3. The monoisotopic (exact) mass is 229 g/mol. The van der Waals surface area contributed by atoms with Gasteiger partial charge in [0.25, 0.3) is 0 Å². The lowest BCUT2D eigenvalue weighted by molar-refractivity contribution is 0.856. The maximum atomic E-state index is 4.13. The van der Waals surface area contributed by atoms with E-state index in [2.05, 4.69) is 37.7 Å². The average Bonchev–Trinajstić information content (AvgIpc) is 2.05. The first-order chi connectivity index (χ1) is 5.70. The predicted octanol–water partition coefficient (Wildman–Crippen LogP) is 1.70. The lowest BCUT2D eigenvalue weighted by Crippen LogP contribution is -2.24. The molecule has 1 heterocycles. The number of halogens is 1. The van der Waals surface area contributed by atoms with Gasteiger partial charge in [-0.3, -0.25) is 0 Å². The molecule has 0 aromatic carbocycles. The highest BCUT2D eigenvalue weighted by Gasteiger charge is 2.03. The van der Waals surface area contributed by atoms with Crippen LogP contribution in [0.15, 0.2) is 18.6 Å². The molecule has 1 unspecified atom stereocenters. The second-order valence-electron chi connectivity index (χ2n) is 2.73. The van der Waals surface area contributed by atoms with E-state index in [1.54, 1.807) is 12.5 Å². The van der Waals surface area contributed by atoms with Crippen molar-refractivity contribution in [2.75, 3.05) is 18.5 Å². The number of nitrogens with zero attached hydrogens (tertiary/aromatic N) is 3. The van der Waals surface area contributed by atoms with Crippen molar-refractivity contribution >= 4 is 21.7 Å². The van der Waals surface area contributed by atoms with E-state index >= 15 is 0 Å². The van der Waals surface area contributed by atoms with Crippen LogP contribution in [0.2, 0.25) is 0 Å². The molecule has 0 saturated carbocycles. The quantitative estimate of drug-likeness (QED) is 0.740. The Morgan fingerprint density at radius 1 is 1.67 bits per heavy atom. The summed E-state index contributed by atoms with van der Waals surface area (Å²) < 4.78 is 0. The van der Waals surface area contributed by atoms with Gasteiger partial charge >= 0.3 is 0 Å². The molecule has 0 aliphatic heterocycles. The molecule has 0 aliphatic rings. The molecule has 0 amide bonds. The minimum atomic E-state index is 0.470. The summed E-state index contributed by atoms with van der Waals surface area (Å²) in [6, 6.07) is 1.90. The fourth-order valence-electron chi connectivity index (χ4n) is 0.980.